The molecule has 6 nitrogen and oxygen atoms in total. The molecule has 0 radical (unpaired) electrons. The number of pyridine rings is 1. The lowest BCUT2D eigenvalue weighted by atomic mass is 10.1. The summed E-state index contributed by atoms with van der Waals surface area (Å²) < 4.78 is 3.73. The van der Waals surface area contributed by atoms with Gasteiger partial charge in [-0.15, -0.1) is 0 Å². The van der Waals surface area contributed by atoms with Crippen LogP contribution < -0.4 is 5.32 Å². The first-order valence-electron chi connectivity index (χ1n) is 7.77. The zero-order chi connectivity index (χ0) is 16.2. The van der Waals surface area contributed by atoms with E-state index in [0.29, 0.717) is 5.92 Å². The molecular weight excluding hydrogens is 288 g/mol. The minimum Gasteiger partial charge on any atom is -0.370 e. The van der Waals surface area contributed by atoms with Crippen LogP contribution in [0.25, 0.3) is 11.1 Å². The summed E-state index contributed by atoms with van der Waals surface area (Å²) in [6.07, 6.45) is 8.53. The number of hydrogen-bond donors (Lipinski definition) is 1. The minimum absolute atomic E-state index is 0.495. The molecule has 0 aliphatic heterocycles. The van der Waals surface area contributed by atoms with Gasteiger partial charge in [0.1, 0.15) is 5.82 Å². The Morgan fingerprint density at radius 2 is 2.00 bits per heavy atom. The maximum atomic E-state index is 4.40. The molecular formula is C17H22N6. The van der Waals surface area contributed by atoms with Gasteiger partial charge in [-0.05, 0) is 36.1 Å². The molecule has 3 aromatic heterocycles. The van der Waals surface area contributed by atoms with Crippen LogP contribution in [0.5, 0.6) is 0 Å². The number of nitrogens with zero attached hydrogens (tertiary/aromatic N) is 5. The van der Waals surface area contributed by atoms with E-state index in [0.717, 1.165) is 29.9 Å². The van der Waals surface area contributed by atoms with E-state index in [1.165, 1.54) is 5.69 Å². The van der Waals surface area contributed by atoms with Crippen molar-refractivity contribution < 1.29 is 0 Å². The third-order valence-electron chi connectivity index (χ3n) is 3.91. The second-order valence-electron chi connectivity index (χ2n) is 5.97. The summed E-state index contributed by atoms with van der Waals surface area (Å²) in [7, 11) is 3.90. The van der Waals surface area contributed by atoms with Gasteiger partial charge in [-0.25, -0.2) is 4.98 Å². The number of aromatic nitrogens is 5. The normalized spacial score (nSPS) is 12.3. The number of anilines is 1. The number of hydrogen-bond acceptors (Lipinski definition) is 4. The molecule has 0 aliphatic carbocycles. The van der Waals surface area contributed by atoms with E-state index in [2.05, 4.69) is 39.6 Å². The Morgan fingerprint density at radius 1 is 1.13 bits per heavy atom. The van der Waals surface area contributed by atoms with Crippen molar-refractivity contribution in [2.45, 2.75) is 13.3 Å². The van der Waals surface area contributed by atoms with Crippen LogP contribution in [0.1, 0.15) is 12.6 Å². The Kier molecular flexibility index (Phi) is 4.41. The van der Waals surface area contributed by atoms with Crippen molar-refractivity contribution in [3.8, 4) is 11.1 Å². The van der Waals surface area contributed by atoms with Crippen LogP contribution in [0.3, 0.4) is 0 Å². The van der Waals surface area contributed by atoms with E-state index in [4.69, 9.17) is 0 Å². The third kappa shape index (κ3) is 3.77. The average molecular weight is 310 g/mol. The molecule has 0 saturated carbocycles. The summed E-state index contributed by atoms with van der Waals surface area (Å²) >= 11 is 0. The summed E-state index contributed by atoms with van der Waals surface area (Å²) in [5, 5.41) is 11.9. The van der Waals surface area contributed by atoms with Crippen LogP contribution >= 0.6 is 0 Å². The zero-order valence-corrected chi connectivity index (χ0v) is 13.8. The third-order valence-corrected chi connectivity index (χ3v) is 3.91. The predicted octanol–water partition coefficient (Wildman–Crippen LogP) is 2.51. The summed E-state index contributed by atoms with van der Waals surface area (Å²) in [6.45, 7) is 3.10. The molecule has 3 heterocycles. The van der Waals surface area contributed by atoms with Crippen LogP contribution in [0.2, 0.25) is 0 Å². The molecule has 6 heteroatoms. The smallest absolute Gasteiger partial charge is 0.126 e. The van der Waals surface area contributed by atoms with Crippen LogP contribution in [-0.4, -0.2) is 31.1 Å². The van der Waals surface area contributed by atoms with Crippen molar-refractivity contribution >= 4 is 5.82 Å². The molecule has 1 unspecified atom stereocenters. The SMILES string of the molecule is CC(CNc1cc(-c2cnn(C)c2)ccn1)Cc1ccnn1C. The van der Waals surface area contributed by atoms with Crippen molar-refractivity contribution in [1.29, 1.82) is 0 Å². The first kappa shape index (κ1) is 15.3. The van der Waals surface area contributed by atoms with Gasteiger partial charge in [0, 0.05) is 50.5 Å². The van der Waals surface area contributed by atoms with Gasteiger partial charge < -0.3 is 5.32 Å². The highest BCUT2D eigenvalue weighted by Crippen LogP contribution is 2.20. The second-order valence-corrected chi connectivity index (χ2v) is 5.97. The highest BCUT2D eigenvalue weighted by molar-refractivity contribution is 5.64. The Morgan fingerprint density at radius 3 is 2.70 bits per heavy atom. The minimum atomic E-state index is 0.495. The molecule has 120 valence electrons. The van der Waals surface area contributed by atoms with Gasteiger partial charge >= 0.3 is 0 Å². The van der Waals surface area contributed by atoms with Gasteiger partial charge in [-0.2, -0.15) is 10.2 Å². The monoisotopic (exact) mass is 310 g/mol. The van der Waals surface area contributed by atoms with E-state index in [1.807, 2.05) is 49.6 Å². The molecule has 0 bridgehead atoms. The Hall–Kier alpha value is -2.63. The van der Waals surface area contributed by atoms with Crippen molar-refractivity contribution in [2.75, 3.05) is 11.9 Å². The van der Waals surface area contributed by atoms with Gasteiger partial charge in [0.25, 0.3) is 0 Å². The van der Waals surface area contributed by atoms with E-state index in [9.17, 15) is 0 Å². The second kappa shape index (κ2) is 6.64. The van der Waals surface area contributed by atoms with Crippen molar-refractivity contribution in [3.05, 3.63) is 48.7 Å². The van der Waals surface area contributed by atoms with Crippen LogP contribution in [0.15, 0.2) is 43.0 Å². The van der Waals surface area contributed by atoms with Gasteiger partial charge in [-0.3, -0.25) is 9.36 Å². The number of rotatable bonds is 6. The van der Waals surface area contributed by atoms with E-state index >= 15 is 0 Å². The molecule has 0 aliphatic rings. The largest absolute Gasteiger partial charge is 0.370 e. The molecule has 0 amide bonds. The van der Waals surface area contributed by atoms with Crippen LogP contribution in [0, 0.1) is 5.92 Å². The number of aryl methyl sites for hydroxylation is 2. The predicted molar refractivity (Wildman–Crippen MR) is 91.0 cm³/mol. The lowest BCUT2D eigenvalue weighted by Gasteiger charge is -2.13. The highest BCUT2D eigenvalue weighted by Gasteiger charge is 2.08. The topological polar surface area (TPSA) is 60.6 Å². The van der Waals surface area contributed by atoms with Crippen molar-refractivity contribution in [3.63, 3.8) is 0 Å². The van der Waals surface area contributed by atoms with E-state index in [-0.39, 0.29) is 0 Å². The lowest BCUT2D eigenvalue weighted by molar-refractivity contribution is 0.572. The fraction of sp³-hybridized carbons (Fsp3) is 0.353. The molecule has 3 rings (SSSR count). The van der Waals surface area contributed by atoms with Gasteiger partial charge in [-0.1, -0.05) is 6.92 Å². The maximum Gasteiger partial charge on any atom is 0.126 e. The summed E-state index contributed by atoms with van der Waals surface area (Å²) in [5.41, 5.74) is 3.46. The van der Waals surface area contributed by atoms with Gasteiger partial charge in [0.05, 0.1) is 6.20 Å². The molecule has 1 atom stereocenters. The Balaban J connectivity index is 1.61. The van der Waals surface area contributed by atoms with E-state index < -0.39 is 0 Å². The highest BCUT2D eigenvalue weighted by atomic mass is 15.3. The molecule has 1 N–H and O–H groups in total. The molecule has 0 saturated heterocycles. The molecule has 0 fully saturated rings. The van der Waals surface area contributed by atoms with Gasteiger partial charge in [0.15, 0.2) is 0 Å². The summed E-state index contributed by atoms with van der Waals surface area (Å²) in [5.74, 6) is 1.39. The molecule has 0 aromatic carbocycles. The summed E-state index contributed by atoms with van der Waals surface area (Å²) in [6, 6.07) is 6.13. The summed E-state index contributed by atoms with van der Waals surface area (Å²) in [4.78, 5) is 4.40. The van der Waals surface area contributed by atoms with Crippen molar-refractivity contribution in [1.82, 2.24) is 24.5 Å². The van der Waals surface area contributed by atoms with Crippen LogP contribution in [-0.2, 0) is 20.5 Å². The Bertz CT molecular complexity index is 773. The average Bonchev–Trinajstić information content (AvgIpc) is 3.15. The maximum absolute atomic E-state index is 4.40. The first-order valence-corrected chi connectivity index (χ1v) is 7.77. The molecule has 23 heavy (non-hydrogen) atoms. The van der Waals surface area contributed by atoms with Crippen LogP contribution in [0.4, 0.5) is 5.82 Å². The standard InChI is InChI=1S/C17H22N6/c1-13(8-16-5-7-20-23(16)3)10-19-17-9-14(4-6-18-17)15-11-21-22(2)12-15/h4-7,9,11-13H,8,10H2,1-3H3,(H,18,19). The zero-order valence-electron chi connectivity index (χ0n) is 13.8. The molecule has 3 aromatic rings. The van der Waals surface area contributed by atoms with E-state index in [1.54, 1.807) is 4.68 Å². The Labute approximate surface area is 136 Å². The van der Waals surface area contributed by atoms with Gasteiger partial charge in [0.2, 0.25) is 0 Å². The fourth-order valence-electron chi connectivity index (χ4n) is 2.59. The lowest BCUT2D eigenvalue weighted by Crippen LogP contribution is -2.15. The molecule has 0 spiro atoms. The fourth-order valence-corrected chi connectivity index (χ4v) is 2.59. The number of nitrogens with one attached hydrogen (secondary N) is 1. The quantitative estimate of drug-likeness (QED) is 0.760. The van der Waals surface area contributed by atoms with Crippen molar-refractivity contribution in [2.24, 2.45) is 20.0 Å². The first-order chi connectivity index (χ1) is 11.1.